The molecule has 0 saturated heterocycles. The maximum Gasteiger partial charge on any atom is 0.243 e. The van der Waals surface area contributed by atoms with Gasteiger partial charge in [-0.05, 0) is 49.5 Å². The lowest BCUT2D eigenvalue weighted by Gasteiger charge is -2.10. The van der Waals surface area contributed by atoms with Crippen LogP contribution in [0.4, 0.5) is 10.1 Å². The van der Waals surface area contributed by atoms with Gasteiger partial charge in [-0.1, -0.05) is 12.8 Å². The van der Waals surface area contributed by atoms with Gasteiger partial charge < -0.3 is 5.73 Å². The summed E-state index contributed by atoms with van der Waals surface area (Å²) in [7, 11) is -3.84. The van der Waals surface area contributed by atoms with E-state index in [2.05, 4.69) is 11.0 Å². The summed E-state index contributed by atoms with van der Waals surface area (Å²) in [5.74, 6) is 0.385. The molecule has 0 saturated carbocycles. The lowest BCUT2D eigenvalue weighted by atomic mass is 10.2. The van der Waals surface area contributed by atoms with Crippen molar-refractivity contribution in [2.45, 2.75) is 37.5 Å². The predicted molar refractivity (Wildman–Crippen MR) is 87.6 cm³/mol. The van der Waals surface area contributed by atoms with Gasteiger partial charge in [-0.3, -0.25) is 0 Å². The van der Waals surface area contributed by atoms with E-state index < -0.39 is 15.8 Å². The first kappa shape index (κ1) is 18.3. The van der Waals surface area contributed by atoms with Crippen molar-refractivity contribution in [3.8, 4) is 0 Å². The van der Waals surface area contributed by atoms with Gasteiger partial charge in [0.05, 0.1) is 0 Å². The Morgan fingerprint density at radius 2 is 1.90 bits per heavy atom. The number of nitrogen functional groups attached to an aromatic ring is 1. The molecule has 4 nitrogen and oxygen atoms in total. The second-order valence-electron chi connectivity index (χ2n) is 4.95. The smallest absolute Gasteiger partial charge is 0.243 e. The molecule has 0 bridgehead atoms. The zero-order chi connectivity index (χ0) is 15.9. The number of benzene rings is 1. The van der Waals surface area contributed by atoms with Crippen LogP contribution in [0.1, 0.15) is 31.2 Å². The van der Waals surface area contributed by atoms with Crippen LogP contribution in [-0.2, 0) is 10.0 Å². The van der Waals surface area contributed by atoms with Crippen LogP contribution >= 0.6 is 11.8 Å². The number of nitrogens with two attached hydrogens (primary N) is 1. The molecule has 0 aliphatic heterocycles. The molecular formula is C14H23FN2O2S2. The van der Waals surface area contributed by atoms with Crippen LogP contribution in [0.15, 0.2) is 17.0 Å². The van der Waals surface area contributed by atoms with E-state index in [0.717, 1.165) is 37.5 Å². The first-order valence-electron chi connectivity index (χ1n) is 6.92. The second kappa shape index (κ2) is 8.60. The quantitative estimate of drug-likeness (QED) is 0.538. The molecule has 0 aliphatic rings. The Labute approximate surface area is 130 Å². The van der Waals surface area contributed by atoms with Crippen molar-refractivity contribution in [1.29, 1.82) is 0 Å². The zero-order valence-corrected chi connectivity index (χ0v) is 14.1. The van der Waals surface area contributed by atoms with Crippen molar-refractivity contribution in [1.82, 2.24) is 4.72 Å². The monoisotopic (exact) mass is 334 g/mol. The van der Waals surface area contributed by atoms with Gasteiger partial charge in [-0.25, -0.2) is 17.5 Å². The van der Waals surface area contributed by atoms with Crippen LogP contribution in [0.25, 0.3) is 0 Å². The Balaban J connectivity index is 2.55. The van der Waals surface area contributed by atoms with E-state index in [-0.39, 0.29) is 16.1 Å². The van der Waals surface area contributed by atoms with E-state index in [1.54, 1.807) is 11.8 Å². The highest BCUT2D eigenvalue weighted by atomic mass is 32.2. The molecule has 0 aliphatic carbocycles. The van der Waals surface area contributed by atoms with E-state index >= 15 is 0 Å². The number of hydrogen-bond acceptors (Lipinski definition) is 4. The SMILES string of the molecule is CSCCCCCCNS(=O)(=O)c1cc(N)cc(C)c1F. The summed E-state index contributed by atoms with van der Waals surface area (Å²) in [5.41, 5.74) is 6.06. The highest BCUT2D eigenvalue weighted by Crippen LogP contribution is 2.21. The minimum atomic E-state index is -3.84. The molecule has 0 spiro atoms. The van der Waals surface area contributed by atoms with E-state index in [1.165, 1.54) is 13.0 Å². The largest absolute Gasteiger partial charge is 0.399 e. The van der Waals surface area contributed by atoms with Crippen LogP contribution in [-0.4, -0.2) is 27.0 Å². The van der Waals surface area contributed by atoms with Crippen LogP contribution in [0, 0.1) is 12.7 Å². The van der Waals surface area contributed by atoms with Gasteiger partial charge in [-0.15, -0.1) is 0 Å². The number of nitrogens with one attached hydrogen (secondary N) is 1. The van der Waals surface area contributed by atoms with E-state index in [4.69, 9.17) is 5.73 Å². The number of rotatable bonds is 9. The Kier molecular flexibility index (Phi) is 7.48. The third-order valence-corrected chi connectivity index (χ3v) is 5.26. The Morgan fingerprint density at radius 1 is 1.24 bits per heavy atom. The summed E-state index contributed by atoms with van der Waals surface area (Å²) in [6.45, 7) is 1.81. The third kappa shape index (κ3) is 5.84. The van der Waals surface area contributed by atoms with Crippen molar-refractivity contribution in [3.05, 3.63) is 23.5 Å². The average Bonchev–Trinajstić information content (AvgIpc) is 2.41. The van der Waals surface area contributed by atoms with Crippen LogP contribution in [0.2, 0.25) is 0 Å². The molecule has 1 aromatic carbocycles. The van der Waals surface area contributed by atoms with Crippen LogP contribution in [0.5, 0.6) is 0 Å². The second-order valence-corrected chi connectivity index (χ2v) is 7.68. The molecule has 0 heterocycles. The number of sulfonamides is 1. The van der Waals surface area contributed by atoms with Crippen molar-refractivity contribution < 1.29 is 12.8 Å². The fraction of sp³-hybridized carbons (Fsp3) is 0.571. The fourth-order valence-corrected chi connectivity index (χ4v) is 3.72. The highest BCUT2D eigenvalue weighted by Gasteiger charge is 2.20. The van der Waals surface area contributed by atoms with Crippen LogP contribution < -0.4 is 10.5 Å². The van der Waals surface area contributed by atoms with Crippen molar-refractivity contribution in [2.24, 2.45) is 0 Å². The molecule has 21 heavy (non-hydrogen) atoms. The Morgan fingerprint density at radius 3 is 2.57 bits per heavy atom. The van der Waals surface area contributed by atoms with Gasteiger partial charge in [0.1, 0.15) is 10.7 Å². The van der Waals surface area contributed by atoms with Crippen molar-refractivity contribution >= 4 is 27.5 Å². The van der Waals surface area contributed by atoms with Crippen molar-refractivity contribution in [2.75, 3.05) is 24.3 Å². The standard InChI is InChI=1S/C14H23FN2O2S2/c1-11-9-12(16)10-13(14(11)15)21(18,19)17-7-5-3-4-6-8-20-2/h9-10,17H,3-8,16H2,1-2H3. The predicted octanol–water partition coefficient (Wildman–Crippen LogP) is 2.92. The number of hydrogen-bond donors (Lipinski definition) is 2. The summed E-state index contributed by atoms with van der Waals surface area (Å²) in [6, 6.07) is 2.57. The van der Waals surface area contributed by atoms with E-state index in [9.17, 15) is 12.8 Å². The summed E-state index contributed by atoms with van der Waals surface area (Å²) in [5, 5.41) is 0. The van der Waals surface area contributed by atoms with Crippen molar-refractivity contribution in [3.63, 3.8) is 0 Å². The maximum absolute atomic E-state index is 13.9. The average molecular weight is 334 g/mol. The molecule has 3 N–H and O–H groups in total. The zero-order valence-electron chi connectivity index (χ0n) is 12.5. The first-order chi connectivity index (χ1) is 9.88. The summed E-state index contributed by atoms with van der Waals surface area (Å²) in [6.07, 6.45) is 5.99. The summed E-state index contributed by atoms with van der Waals surface area (Å²) in [4.78, 5) is -0.373. The number of anilines is 1. The third-order valence-electron chi connectivity index (χ3n) is 3.10. The molecule has 1 rings (SSSR count). The minimum Gasteiger partial charge on any atom is -0.399 e. The molecule has 1 aromatic rings. The fourth-order valence-electron chi connectivity index (χ4n) is 1.97. The van der Waals surface area contributed by atoms with Crippen LogP contribution in [0.3, 0.4) is 0 Å². The van der Waals surface area contributed by atoms with E-state index in [0.29, 0.717) is 6.54 Å². The molecular weight excluding hydrogens is 311 g/mol. The number of aryl methyl sites for hydroxylation is 1. The molecule has 120 valence electrons. The molecule has 0 aromatic heterocycles. The van der Waals surface area contributed by atoms with Gasteiger partial charge >= 0.3 is 0 Å². The number of halogens is 1. The molecule has 0 unspecified atom stereocenters. The van der Waals surface area contributed by atoms with E-state index in [1.807, 2.05) is 0 Å². The lowest BCUT2D eigenvalue weighted by molar-refractivity contribution is 0.549. The molecule has 0 atom stereocenters. The van der Waals surface area contributed by atoms with Gasteiger partial charge in [0.15, 0.2) is 0 Å². The summed E-state index contributed by atoms with van der Waals surface area (Å²) < 4.78 is 40.5. The molecule has 0 fully saturated rings. The van der Waals surface area contributed by atoms with Gasteiger partial charge in [0, 0.05) is 12.2 Å². The van der Waals surface area contributed by atoms with Gasteiger partial charge in [0.2, 0.25) is 10.0 Å². The van der Waals surface area contributed by atoms with Gasteiger partial charge in [-0.2, -0.15) is 11.8 Å². The van der Waals surface area contributed by atoms with Gasteiger partial charge in [0.25, 0.3) is 0 Å². The molecule has 0 radical (unpaired) electrons. The number of thioether (sulfide) groups is 1. The highest BCUT2D eigenvalue weighted by molar-refractivity contribution is 7.98. The first-order valence-corrected chi connectivity index (χ1v) is 9.80. The topological polar surface area (TPSA) is 72.2 Å². The number of unbranched alkanes of at least 4 members (excludes halogenated alkanes) is 3. The maximum atomic E-state index is 13.9. The Hall–Kier alpha value is -0.790. The lowest BCUT2D eigenvalue weighted by Crippen LogP contribution is -2.26. The molecule has 0 amide bonds. The minimum absolute atomic E-state index is 0.229. The molecule has 7 heteroatoms. The normalized spacial score (nSPS) is 11.8. The Bertz CT molecular complexity index is 562. The summed E-state index contributed by atoms with van der Waals surface area (Å²) >= 11 is 1.81.